The molecule has 0 unspecified atom stereocenters. The van der Waals surface area contributed by atoms with Crippen LogP contribution in [-0.4, -0.2) is 25.5 Å². The van der Waals surface area contributed by atoms with Crippen molar-refractivity contribution in [1.29, 1.82) is 0 Å². The summed E-state index contributed by atoms with van der Waals surface area (Å²) in [6.45, 7) is 1.55. The first-order chi connectivity index (χ1) is 11.5. The van der Waals surface area contributed by atoms with Crippen LogP contribution in [0.3, 0.4) is 0 Å². The van der Waals surface area contributed by atoms with Gasteiger partial charge < -0.3 is 15.0 Å². The van der Waals surface area contributed by atoms with Crippen molar-refractivity contribution >= 4 is 17.5 Å². The summed E-state index contributed by atoms with van der Waals surface area (Å²) in [5.41, 5.74) is 1.36. The summed E-state index contributed by atoms with van der Waals surface area (Å²) in [4.78, 5) is 25.3. The maximum Gasteiger partial charge on any atom is 0.240 e. The van der Waals surface area contributed by atoms with E-state index in [-0.39, 0.29) is 30.7 Å². The summed E-state index contributed by atoms with van der Waals surface area (Å²) < 4.78 is 18.0. The van der Waals surface area contributed by atoms with Crippen LogP contribution in [0.2, 0.25) is 0 Å². The predicted molar refractivity (Wildman–Crippen MR) is 89.3 cm³/mol. The van der Waals surface area contributed by atoms with Gasteiger partial charge in [-0.1, -0.05) is 18.2 Å². The fourth-order valence-electron chi connectivity index (χ4n) is 2.17. The number of methoxy groups -OCH3 is 1. The number of amides is 2. The number of ether oxygens (including phenoxy) is 1. The molecule has 2 aromatic carbocycles. The summed E-state index contributed by atoms with van der Waals surface area (Å²) in [5, 5.41) is 2.72. The molecule has 6 heteroatoms. The smallest absolute Gasteiger partial charge is 0.240 e. The third-order valence-electron chi connectivity index (χ3n) is 3.45. The highest BCUT2D eigenvalue weighted by Crippen LogP contribution is 2.21. The number of carbonyl (C=O) groups is 2. The monoisotopic (exact) mass is 330 g/mol. The highest BCUT2D eigenvalue weighted by Gasteiger charge is 2.16. The molecular weight excluding hydrogens is 311 g/mol. The molecule has 0 aromatic heterocycles. The van der Waals surface area contributed by atoms with E-state index in [0.717, 1.165) is 5.56 Å². The number of nitrogens with zero attached hydrogens (tertiary/aromatic N) is 1. The van der Waals surface area contributed by atoms with Gasteiger partial charge in [0.05, 0.1) is 7.11 Å². The van der Waals surface area contributed by atoms with Gasteiger partial charge in [-0.05, 0) is 29.8 Å². The van der Waals surface area contributed by atoms with E-state index >= 15 is 0 Å². The molecule has 2 aromatic rings. The second-order valence-electron chi connectivity index (χ2n) is 5.21. The fraction of sp³-hybridized carbons (Fsp3) is 0.222. The fourth-order valence-corrected chi connectivity index (χ4v) is 2.17. The van der Waals surface area contributed by atoms with E-state index in [1.807, 2.05) is 0 Å². The number of rotatable bonds is 6. The Labute approximate surface area is 140 Å². The minimum atomic E-state index is -0.328. The molecule has 0 aliphatic carbocycles. The van der Waals surface area contributed by atoms with Gasteiger partial charge in [0, 0.05) is 25.2 Å². The lowest BCUT2D eigenvalue weighted by atomic mass is 10.2. The first-order valence-corrected chi connectivity index (χ1v) is 7.43. The first kappa shape index (κ1) is 17.5. The maximum atomic E-state index is 12.9. The minimum absolute atomic E-state index is 0.107. The van der Waals surface area contributed by atoms with Gasteiger partial charge in [0.15, 0.2) is 0 Å². The second kappa shape index (κ2) is 8.10. The molecule has 0 aliphatic rings. The Morgan fingerprint density at radius 2 is 1.88 bits per heavy atom. The number of hydrogen-bond acceptors (Lipinski definition) is 3. The van der Waals surface area contributed by atoms with Gasteiger partial charge in [-0.25, -0.2) is 4.39 Å². The van der Waals surface area contributed by atoms with Crippen LogP contribution in [0.15, 0.2) is 48.5 Å². The predicted octanol–water partition coefficient (Wildman–Crippen LogP) is 2.50. The number of anilines is 1. The standard InChI is InChI=1S/C18H19FN2O3/c1-13(22)21(16-4-3-5-17(10-16)24-2)12-18(23)20-11-14-6-8-15(19)9-7-14/h3-10H,11-12H2,1-2H3,(H,20,23). The van der Waals surface area contributed by atoms with Gasteiger partial charge in [-0.15, -0.1) is 0 Å². The first-order valence-electron chi connectivity index (χ1n) is 7.43. The molecule has 0 saturated carbocycles. The zero-order chi connectivity index (χ0) is 17.5. The third-order valence-corrected chi connectivity index (χ3v) is 3.45. The van der Waals surface area contributed by atoms with Gasteiger partial charge >= 0.3 is 0 Å². The van der Waals surface area contributed by atoms with Crippen molar-refractivity contribution in [2.75, 3.05) is 18.6 Å². The average molecular weight is 330 g/mol. The Balaban J connectivity index is 2.00. The third kappa shape index (κ3) is 4.81. The number of nitrogens with one attached hydrogen (secondary N) is 1. The summed E-state index contributed by atoms with van der Waals surface area (Å²) in [6.07, 6.45) is 0. The van der Waals surface area contributed by atoms with E-state index < -0.39 is 0 Å². The zero-order valence-electron chi connectivity index (χ0n) is 13.6. The molecular formula is C18H19FN2O3. The molecule has 0 saturated heterocycles. The van der Waals surface area contributed by atoms with Crippen molar-refractivity contribution in [3.05, 3.63) is 59.9 Å². The van der Waals surface area contributed by atoms with E-state index in [9.17, 15) is 14.0 Å². The molecule has 0 radical (unpaired) electrons. The Hall–Kier alpha value is -2.89. The van der Waals surface area contributed by atoms with Crippen LogP contribution < -0.4 is 15.0 Å². The van der Waals surface area contributed by atoms with Crippen molar-refractivity contribution < 1.29 is 18.7 Å². The van der Waals surface area contributed by atoms with Crippen LogP contribution in [0.1, 0.15) is 12.5 Å². The topological polar surface area (TPSA) is 58.6 Å². The molecule has 0 aliphatic heterocycles. The molecule has 0 spiro atoms. The van der Waals surface area contributed by atoms with E-state index in [0.29, 0.717) is 11.4 Å². The lowest BCUT2D eigenvalue weighted by Gasteiger charge is -2.21. The van der Waals surface area contributed by atoms with Crippen molar-refractivity contribution in [3.8, 4) is 5.75 Å². The van der Waals surface area contributed by atoms with Crippen LogP contribution in [0.4, 0.5) is 10.1 Å². The number of halogens is 1. The molecule has 24 heavy (non-hydrogen) atoms. The summed E-state index contributed by atoms with van der Waals surface area (Å²) >= 11 is 0. The Morgan fingerprint density at radius 3 is 2.50 bits per heavy atom. The van der Waals surface area contributed by atoms with Gasteiger partial charge in [0.1, 0.15) is 18.1 Å². The van der Waals surface area contributed by atoms with Crippen LogP contribution in [0.25, 0.3) is 0 Å². The van der Waals surface area contributed by atoms with Crippen LogP contribution >= 0.6 is 0 Å². The van der Waals surface area contributed by atoms with Gasteiger partial charge in [-0.2, -0.15) is 0 Å². The molecule has 126 valence electrons. The average Bonchev–Trinajstić information content (AvgIpc) is 2.59. The molecule has 0 fully saturated rings. The van der Waals surface area contributed by atoms with Gasteiger partial charge in [0.25, 0.3) is 0 Å². The highest BCUT2D eigenvalue weighted by molar-refractivity contribution is 5.97. The summed E-state index contributed by atoms with van der Waals surface area (Å²) in [6, 6.07) is 12.8. The van der Waals surface area contributed by atoms with Crippen molar-refractivity contribution in [2.24, 2.45) is 0 Å². The van der Waals surface area contributed by atoms with Crippen LogP contribution in [0, 0.1) is 5.82 Å². The summed E-state index contributed by atoms with van der Waals surface area (Å²) in [7, 11) is 1.53. The highest BCUT2D eigenvalue weighted by atomic mass is 19.1. The molecule has 2 amide bonds. The van der Waals surface area contributed by atoms with Crippen molar-refractivity contribution in [1.82, 2.24) is 5.32 Å². The lowest BCUT2D eigenvalue weighted by molar-refractivity contribution is -0.123. The van der Waals surface area contributed by atoms with E-state index in [1.165, 1.54) is 31.1 Å². The van der Waals surface area contributed by atoms with Crippen molar-refractivity contribution in [2.45, 2.75) is 13.5 Å². The molecule has 2 rings (SSSR count). The van der Waals surface area contributed by atoms with Gasteiger partial charge in [0.2, 0.25) is 11.8 Å². The largest absolute Gasteiger partial charge is 0.497 e. The summed E-state index contributed by atoms with van der Waals surface area (Å²) in [5.74, 6) is -0.283. The number of hydrogen-bond donors (Lipinski definition) is 1. The SMILES string of the molecule is COc1cccc(N(CC(=O)NCc2ccc(F)cc2)C(C)=O)c1. The quantitative estimate of drug-likeness (QED) is 0.885. The lowest BCUT2D eigenvalue weighted by Crippen LogP contribution is -2.39. The van der Waals surface area contributed by atoms with E-state index in [2.05, 4.69) is 5.32 Å². The molecule has 0 atom stereocenters. The Bertz CT molecular complexity index is 716. The van der Waals surface area contributed by atoms with Crippen molar-refractivity contribution in [3.63, 3.8) is 0 Å². The minimum Gasteiger partial charge on any atom is -0.497 e. The molecule has 0 bridgehead atoms. The normalized spacial score (nSPS) is 10.1. The second-order valence-corrected chi connectivity index (χ2v) is 5.21. The Morgan fingerprint density at radius 1 is 1.17 bits per heavy atom. The number of benzene rings is 2. The number of carbonyl (C=O) groups excluding carboxylic acids is 2. The van der Waals surface area contributed by atoms with Crippen LogP contribution in [-0.2, 0) is 16.1 Å². The molecule has 1 N–H and O–H groups in total. The van der Waals surface area contributed by atoms with E-state index in [1.54, 1.807) is 36.4 Å². The van der Waals surface area contributed by atoms with Crippen LogP contribution in [0.5, 0.6) is 5.75 Å². The van der Waals surface area contributed by atoms with Gasteiger partial charge in [-0.3, -0.25) is 9.59 Å². The zero-order valence-corrected chi connectivity index (χ0v) is 13.6. The molecule has 0 heterocycles. The van der Waals surface area contributed by atoms with E-state index in [4.69, 9.17) is 4.74 Å². The Kier molecular flexibility index (Phi) is 5.89. The maximum absolute atomic E-state index is 12.9. The molecule has 5 nitrogen and oxygen atoms in total.